The van der Waals surface area contributed by atoms with E-state index in [-0.39, 0.29) is 18.0 Å². The van der Waals surface area contributed by atoms with Crippen LogP contribution in [0.4, 0.5) is 0 Å². The van der Waals surface area contributed by atoms with Crippen LogP contribution in [-0.2, 0) is 23.1 Å². The van der Waals surface area contributed by atoms with Crippen molar-refractivity contribution in [3.63, 3.8) is 0 Å². The minimum atomic E-state index is -3.61. The Morgan fingerprint density at radius 1 is 1.16 bits per heavy atom. The lowest BCUT2D eigenvalue weighted by Crippen LogP contribution is -2.25. The van der Waals surface area contributed by atoms with Gasteiger partial charge in [-0.1, -0.05) is 0 Å². The Balaban J connectivity index is 2.19. The standard InChI is InChI=1S/C12H14N4O2S/c13-8-11-12(2-1-5-15-11)19(17,18)16-9-10-3-6-14-7-4-10/h1-7,16H,8-9,13H2. The average Bonchev–Trinajstić information content (AvgIpc) is 2.46. The third kappa shape index (κ3) is 3.34. The maximum atomic E-state index is 12.2. The van der Waals surface area contributed by atoms with E-state index in [2.05, 4.69) is 14.7 Å². The molecule has 2 rings (SSSR count). The SMILES string of the molecule is NCc1ncccc1S(=O)(=O)NCc1ccncc1. The Bertz CT molecular complexity index is 644. The highest BCUT2D eigenvalue weighted by atomic mass is 32.2. The van der Waals surface area contributed by atoms with E-state index in [9.17, 15) is 8.42 Å². The molecular weight excluding hydrogens is 264 g/mol. The highest BCUT2D eigenvalue weighted by Crippen LogP contribution is 2.12. The zero-order chi connectivity index (χ0) is 13.7. The largest absolute Gasteiger partial charge is 0.325 e. The molecule has 2 aromatic heterocycles. The van der Waals surface area contributed by atoms with Crippen molar-refractivity contribution in [3.05, 3.63) is 54.1 Å². The van der Waals surface area contributed by atoms with Crippen molar-refractivity contribution >= 4 is 10.0 Å². The number of pyridine rings is 2. The van der Waals surface area contributed by atoms with Gasteiger partial charge in [-0.15, -0.1) is 0 Å². The predicted molar refractivity (Wildman–Crippen MR) is 70.4 cm³/mol. The van der Waals surface area contributed by atoms with Crippen LogP contribution in [0.25, 0.3) is 0 Å². The maximum absolute atomic E-state index is 12.2. The molecule has 3 N–H and O–H groups in total. The fourth-order valence-corrected chi connectivity index (χ4v) is 2.79. The lowest BCUT2D eigenvalue weighted by Gasteiger charge is -2.09. The van der Waals surface area contributed by atoms with Gasteiger partial charge < -0.3 is 5.73 Å². The molecule has 0 unspecified atom stereocenters. The number of nitrogens with zero attached hydrogens (tertiary/aromatic N) is 2. The molecule has 19 heavy (non-hydrogen) atoms. The quantitative estimate of drug-likeness (QED) is 0.825. The molecule has 0 aliphatic carbocycles. The predicted octanol–water partition coefficient (Wildman–Crippen LogP) is 0.414. The van der Waals surface area contributed by atoms with Gasteiger partial charge in [0.25, 0.3) is 0 Å². The van der Waals surface area contributed by atoms with Gasteiger partial charge in [0.1, 0.15) is 4.90 Å². The van der Waals surface area contributed by atoms with E-state index in [4.69, 9.17) is 5.73 Å². The summed E-state index contributed by atoms with van der Waals surface area (Å²) in [5.41, 5.74) is 6.67. The van der Waals surface area contributed by atoms with E-state index in [1.54, 1.807) is 30.6 Å². The maximum Gasteiger partial charge on any atom is 0.242 e. The van der Waals surface area contributed by atoms with Crippen molar-refractivity contribution in [1.29, 1.82) is 0 Å². The molecule has 0 aromatic carbocycles. The van der Waals surface area contributed by atoms with Crippen LogP contribution in [0.15, 0.2) is 47.8 Å². The smallest absolute Gasteiger partial charge is 0.242 e. The topological polar surface area (TPSA) is 98.0 Å². The van der Waals surface area contributed by atoms with E-state index in [0.717, 1.165) is 5.56 Å². The van der Waals surface area contributed by atoms with Crippen molar-refractivity contribution in [3.8, 4) is 0 Å². The van der Waals surface area contributed by atoms with Crippen LogP contribution in [0, 0.1) is 0 Å². The number of aromatic nitrogens is 2. The molecule has 0 saturated carbocycles. The lowest BCUT2D eigenvalue weighted by molar-refractivity contribution is 0.579. The number of nitrogens with two attached hydrogens (primary N) is 1. The van der Waals surface area contributed by atoms with Crippen LogP contribution < -0.4 is 10.5 Å². The zero-order valence-electron chi connectivity index (χ0n) is 10.2. The minimum absolute atomic E-state index is 0.0757. The van der Waals surface area contributed by atoms with Crippen LogP contribution in [0.3, 0.4) is 0 Å². The van der Waals surface area contributed by atoms with Crippen LogP contribution in [0.2, 0.25) is 0 Å². The first-order chi connectivity index (χ1) is 9.13. The molecule has 0 amide bonds. The van der Waals surface area contributed by atoms with Gasteiger partial charge in [0.2, 0.25) is 10.0 Å². The Hall–Kier alpha value is -1.83. The molecule has 0 aliphatic rings. The molecule has 0 atom stereocenters. The Kier molecular flexibility index (Phi) is 4.20. The number of nitrogens with one attached hydrogen (secondary N) is 1. The summed E-state index contributed by atoms with van der Waals surface area (Å²) >= 11 is 0. The van der Waals surface area contributed by atoms with Crippen LogP contribution >= 0.6 is 0 Å². The number of hydrogen-bond acceptors (Lipinski definition) is 5. The fraction of sp³-hybridized carbons (Fsp3) is 0.167. The Morgan fingerprint density at radius 2 is 1.89 bits per heavy atom. The second-order valence-corrected chi connectivity index (χ2v) is 5.57. The average molecular weight is 278 g/mol. The van der Waals surface area contributed by atoms with Crippen molar-refractivity contribution in [2.45, 2.75) is 18.0 Å². The summed E-state index contributed by atoms with van der Waals surface area (Å²) in [5.74, 6) is 0. The van der Waals surface area contributed by atoms with E-state index in [1.165, 1.54) is 12.3 Å². The molecule has 6 nitrogen and oxygen atoms in total. The molecule has 0 saturated heterocycles. The molecule has 2 aromatic rings. The molecule has 0 aliphatic heterocycles. The van der Waals surface area contributed by atoms with Gasteiger partial charge in [0.05, 0.1) is 5.69 Å². The highest BCUT2D eigenvalue weighted by molar-refractivity contribution is 7.89. The van der Waals surface area contributed by atoms with Gasteiger partial charge >= 0.3 is 0 Å². The number of hydrogen-bond donors (Lipinski definition) is 2. The van der Waals surface area contributed by atoms with Crippen LogP contribution in [-0.4, -0.2) is 18.4 Å². The molecule has 0 radical (unpaired) electrons. The van der Waals surface area contributed by atoms with Gasteiger partial charge in [-0.3, -0.25) is 9.97 Å². The summed E-state index contributed by atoms with van der Waals surface area (Å²) in [5, 5.41) is 0. The van der Waals surface area contributed by atoms with Gasteiger partial charge in [-0.05, 0) is 29.8 Å². The summed E-state index contributed by atoms with van der Waals surface area (Å²) in [6, 6.07) is 6.55. The number of rotatable bonds is 5. The molecule has 0 fully saturated rings. The highest BCUT2D eigenvalue weighted by Gasteiger charge is 2.17. The van der Waals surface area contributed by atoms with Crippen LogP contribution in [0.1, 0.15) is 11.3 Å². The summed E-state index contributed by atoms with van der Waals surface area (Å²) in [6.45, 7) is 0.274. The molecule has 7 heteroatoms. The monoisotopic (exact) mass is 278 g/mol. The Labute approximate surface area is 111 Å². The second kappa shape index (κ2) is 5.87. The first-order valence-electron chi connectivity index (χ1n) is 5.66. The first kappa shape index (κ1) is 13.6. The normalized spacial score (nSPS) is 11.4. The molecular formula is C12H14N4O2S. The summed E-state index contributed by atoms with van der Waals surface area (Å²) in [7, 11) is -3.61. The van der Waals surface area contributed by atoms with Crippen molar-refractivity contribution in [2.24, 2.45) is 5.73 Å². The summed E-state index contributed by atoms with van der Waals surface area (Å²) in [4.78, 5) is 7.95. The van der Waals surface area contributed by atoms with E-state index < -0.39 is 10.0 Å². The zero-order valence-corrected chi connectivity index (χ0v) is 11.0. The first-order valence-corrected chi connectivity index (χ1v) is 7.14. The third-order valence-electron chi connectivity index (χ3n) is 2.55. The molecule has 0 bridgehead atoms. The fourth-order valence-electron chi connectivity index (χ4n) is 1.58. The molecule has 0 spiro atoms. The number of sulfonamides is 1. The van der Waals surface area contributed by atoms with E-state index in [0.29, 0.717) is 5.69 Å². The molecule has 100 valence electrons. The second-order valence-electron chi connectivity index (χ2n) is 3.83. The minimum Gasteiger partial charge on any atom is -0.325 e. The van der Waals surface area contributed by atoms with Gasteiger partial charge in [-0.2, -0.15) is 0 Å². The molecule has 2 heterocycles. The lowest BCUT2D eigenvalue weighted by atomic mass is 10.3. The van der Waals surface area contributed by atoms with Gasteiger partial charge in [0.15, 0.2) is 0 Å². The van der Waals surface area contributed by atoms with E-state index >= 15 is 0 Å². The summed E-state index contributed by atoms with van der Waals surface area (Å²) in [6.07, 6.45) is 4.74. The van der Waals surface area contributed by atoms with Crippen molar-refractivity contribution in [2.75, 3.05) is 0 Å². The summed E-state index contributed by atoms with van der Waals surface area (Å²) < 4.78 is 26.8. The van der Waals surface area contributed by atoms with Crippen molar-refractivity contribution < 1.29 is 8.42 Å². The van der Waals surface area contributed by atoms with Crippen LogP contribution in [0.5, 0.6) is 0 Å². The third-order valence-corrected chi connectivity index (χ3v) is 4.02. The Morgan fingerprint density at radius 3 is 2.58 bits per heavy atom. The van der Waals surface area contributed by atoms with Gasteiger partial charge in [-0.25, -0.2) is 13.1 Å². The van der Waals surface area contributed by atoms with Crippen molar-refractivity contribution in [1.82, 2.24) is 14.7 Å². The van der Waals surface area contributed by atoms with Gasteiger partial charge in [0, 0.05) is 31.7 Å². The van der Waals surface area contributed by atoms with E-state index in [1.807, 2.05) is 0 Å².